The number of nitrogens with zero attached hydrogens (tertiary/aromatic N) is 2. The second kappa shape index (κ2) is 8.05. The van der Waals surface area contributed by atoms with Gasteiger partial charge in [0.1, 0.15) is 17.3 Å². The number of rotatable bonds is 6. The van der Waals surface area contributed by atoms with E-state index in [1.807, 2.05) is 24.3 Å². The summed E-state index contributed by atoms with van der Waals surface area (Å²) >= 11 is 3.46. The average Bonchev–Trinajstić information content (AvgIpc) is 3.07. The molecule has 1 N–H and O–H groups in total. The minimum atomic E-state index is -0.266. The van der Waals surface area contributed by atoms with Crippen LogP contribution in [0, 0.1) is 0 Å². The van der Waals surface area contributed by atoms with Gasteiger partial charge >= 0.3 is 0 Å². The molecule has 0 unspecified atom stereocenters. The normalized spacial score (nSPS) is 10.4. The van der Waals surface area contributed by atoms with E-state index in [0.717, 1.165) is 10.0 Å². The van der Waals surface area contributed by atoms with Crippen molar-refractivity contribution in [3.05, 3.63) is 70.3 Å². The Balaban J connectivity index is 1.80. The van der Waals surface area contributed by atoms with Crippen molar-refractivity contribution in [3.8, 4) is 11.5 Å². The number of hydrogen-bond donors (Lipinski definition) is 1. The lowest BCUT2D eigenvalue weighted by Gasteiger charge is -2.11. The van der Waals surface area contributed by atoms with Crippen LogP contribution in [0.5, 0.6) is 11.5 Å². The van der Waals surface area contributed by atoms with Gasteiger partial charge in [-0.15, -0.1) is 0 Å². The van der Waals surface area contributed by atoms with Crippen LogP contribution in [-0.4, -0.2) is 29.9 Å². The van der Waals surface area contributed by atoms with E-state index in [1.54, 1.807) is 49.4 Å². The first-order valence-electron chi connectivity index (χ1n) is 7.89. The van der Waals surface area contributed by atoms with Crippen molar-refractivity contribution < 1.29 is 14.3 Å². The van der Waals surface area contributed by atoms with Gasteiger partial charge in [-0.3, -0.25) is 4.79 Å². The second-order valence-electron chi connectivity index (χ2n) is 5.56. The molecular formula is C19H18BrN3O3. The molecule has 0 aliphatic heterocycles. The highest BCUT2D eigenvalue weighted by atomic mass is 79.9. The Bertz CT molecular complexity index is 902. The molecule has 0 saturated heterocycles. The van der Waals surface area contributed by atoms with Crippen LogP contribution >= 0.6 is 15.9 Å². The number of aromatic nitrogens is 2. The van der Waals surface area contributed by atoms with Crippen molar-refractivity contribution in [3.63, 3.8) is 0 Å². The van der Waals surface area contributed by atoms with Gasteiger partial charge in [-0.1, -0.05) is 28.1 Å². The second-order valence-corrected chi connectivity index (χ2v) is 6.48. The molecule has 0 spiro atoms. The number of nitrogens with one attached hydrogen (secondary N) is 1. The summed E-state index contributed by atoms with van der Waals surface area (Å²) in [6.45, 7) is 0.545. The van der Waals surface area contributed by atoms with Crippen molar-refractivity contribution >= 4 is 27.7 Å². The van der Waals surface area contributed by atoms with Gasteiger partial charge in [-0.2, -0.15) is 5.10 Å². The molecule has 1 aromatic heterocycles. The maximum absolute atomic E-state index is 12.6. The van der Waals surface area contributed by atoms with E-state index < -0.39 is 0 Å². The van der Waals surface area contributed by atoms with Crippen molar-refractivity contribution in [2.75, 3.05) is 19.5 Å². The van der Waals surface area contributed by atoms with Crippen molar-refractivity contribution in [1.29, 1.82) is 0 Å². The SMILES string of the molecule is COc1cc(OC)cc(C(=O)Nc2ccnn2Cc2cccc(Br)c2)c1. The van der Waals surface area contributed by atoms with Gasteiger partial charge in [0.25, 0.3) is 5.91 Å². The molecular weight excluding hydrogens is 398 g/mol. The molecule has 7 heteroatoms. The minimum Gasteiger partial charge on any atom is -0.497 e. The summed E-state index contributed by atoms with van der Waals surface area (Å²) in [5.74, 6) is 1.45. The van der Waals surface area contributed by atoms with Crippen molar-refractivity contribution in [2.24, 2.45) is 0 Å². The highest BCUT2D eigenvalue weighted by Gasteiger charge is 2.13. The van der Waals surface area contributed by atoms with Crippen molar-refractivity contribution in [2.45, 2.75) is 6.54 Å². The molecule has 3 aromatic rings. The number of carbonyl (C=O) groups is 1. The molecule has 134 valence electrons. The van der Waals surface area contributed by atoms with Gasteiger partial charge in [0.2, 0.25) is 0 Å². The minimum absolute atomic E-state index is 0.266. The topological polar surface area (TPSA) is 65.4 Å². The lowest BCUT2D eigenvalue weighted by atomic mass is 10.2. The van der Waals surface area contributed by atoms with E-state index in [1.165, 1.54) is 0 Å². The third-order valence-corrected chi connectivity index (χ3v) is 4.29. The third-order valence-electron chi connectivity index (χ3n) is 3.79. The van der Waals surface area contributed by atoms with Crippen LogP contribution in [0.2, 0.25) is 0 Å². The zero-order chi connectivity index (χ0) is 18.5. The van der Waals surface area contributed by atoms with E-state index in [4.69, 9.17) is 9.47 Å². The first kappa shape index (κ1) is 18.0. The fourth-order valence-electron chi connectivity index (χ4n) is 2.50. The Morgan fingerprint density at radius 3 is 2.50 bits per heavy atom. The number of amides is 1. The van der Waals surface area contributed by atoms with E-state index in [-0.39, 0.29) is 5.91 Å². The Hall–Kier alpha value is -2.80. The average molecular weight is 416 g/mol. The number of methoxy groups -OCH3 is 2. The number of carbonyl (C=O) groups excluding carboxylic acids is 1. The standard InChI is InChI=1S/C19H18BrN3O3/c1-25-16-9-14(10-17(11-16)26-2)19(24)22-18-6-7-21-23(18)12-13-4-3-5-15(20)8-13/h3-11H,12H2,1-2H3,(H,22,24). The smallest absolute Gasteiger partial charge is 0.257 e. The summed E-state index contributed by atoms with van der Waals surface area (Å²) in [6, 6.07) is 14.7. The van der Waals surface area contributed by atoms with Crippen LogP contribution < -0.4 is 14.8 Å². The summed E-state index contributed by atoms with van der Waals surface area (Å²) in [4.78, 5) is 12.6. The zero-order valence-electron chi connectivity index (χ0n) is 14.4. The first-order valence-corrected chi connectivity index (χ1v) is 8.69. The number of ether oxygens (including phenoxy) is 2. The van der Waals surface area contributed by atoms with Crippen molar-refractivity contribution in [1.82, 2.24) is 9.78 Å². The number of benzene rings is 2. The quantitative estimate of drug-likeness (QED) is 0.661. The Kier molecular flexibility index (Phi) is 5.58. The first-order chi connectivity index (χ1) is 12.6. The van der Waals surface area contributed by atoms with Crippen LogP contribution in [0.25, 0.3) is 0 Å². The van der Waals surface area contributed by atoms with E-state index in [0.29, 0.717) is 29.4 Å². The maximum atomic E-state index is 12.6. The molecule has 0 radical (unpaired) electrons. The summed E-state index contributed by atoms with van der Waals surface area (Å²) in [5, 5.41) is 7.18. The van der Waals surface area contributed by atoms with Gasteiger partial charge in [0.05, 0.1) is 27.0 Å². The Morgan fingerprint density at radius 2 is 1.85 bits per heavy atom. The van der Waals surface area contributed by atoms with Crippen LogP contribution in [0.4, 0.5) is 5.82 Å². The lowest BCUT2D eigenvalue weighted by molar-refractivity contribution is 0.102. The maximum Gasteiger partial charge on any atom is 0.257 e. The number of hydrogen-bond acceptors (Lipinski definition) is 4. The van der Waals surface area contributed by atoms with E-state index in [9.17, 15) is 4.79 Å². The highest BCUT2D eigenvalue weighted by molar-refractivity contribution is 9.10. The van der Waals surface area contributed by atoms with Gasteiger partial charge in [-0.25, -0.2) is 4.68 Å². The zero-order valence-corrected chi connectivity index (χ0v) is 16.0. The highest BCUT2D eigenvalue weighted by Crippen LogP contribution is 2.23. The molecule has 6 nitrogen and oxygen atoms in total. The molecule has 1 amide bonds. The summed E-state index contributed by atoms with van der Waals surface area (Å²) in [6.07, 6.45) is 1.65. The molecule has 0 bridgehead atoms. The molecule has 0 aliphatic carbocycles. The van der Waals surface area contributed by atoms with E-state index in [2.05, 4.69) is 26.3 Å². The molecule has 1 heterocycles. The number of anilines is 1. The monoisotopic (exact) mass is 415 g/mol. The van der Waals surface area contributed by atoms with Crippen LogP contribution in [0.1, 0.15) is 15.9 Å². The summed E-state index contributed by atoms with van der Waals surface area (Å²) in [5.41, 5.74) is 1.51. The molecule has 3 rings (SSSR count). The molecule has 2 aromatic carbocycles. The van der Waals surface area contributed by atoms with Gasteiger partial charge in [0.15, 0.2) is 0 Å². The van der Waals surface area contributed by atoms with Crippen LogP contribution in [0.3, 0.4) is 0 Å². The molecule has 0 fully saturated rings. The summed E-state index contributed by atoms with van der Waals surface area (Å²) < 4.78 is 13.2. The predicted molar refractivity (Wildman–Crippen MR) is 103 cm³/mol. The molecule has 0 aliphatic rings. The molecule has 0 atom stereocenters. The van der Waals surface area contributed by atoms with Crippen LogP contribution in [0.15, 0.2) is 59.2 Å². The molecule has 26 heavy (non-hydrogen) atoms. The largest absolute Gasteiger partial charge is 0.497 e. The summed E-state index contributed by atoms with van der Waals surface area (Å²) in [7, 11) is 3.09. The lowest BCUT2D eigenvalue weighted by Crippen LogP contribution is -2.16. The van der Waals surface area contributed by atoms with Crippen LogP contribution in [-0.2, 0) is 6.54 Å². The molecule has 0 saturated carbocycles. The number of halogens is 1. The Labute approximate surface area is 159 Å². The van der Waals surface area contributed by atoms with E-state index >= 15 is 0 Å². The third kappa shape index (κ3) is 4.23. The fourth-order valence-corrected chi connectivity index (χ4v) is 2.95. The fraction of sp³-hybridized carbons (Fsp3) is 0.158. The van der Waals surface area contributed by atoms with Gasteiger partial charge in [0, 0.05) is 22.2 Å². The Morgan fingerprint density at radius 1 is 1.12 bits per heavy atom. The van der Waals surface area contributed by atoms with Gasteiger partial charge in [-0.05, 0) is 29.8 Å². The predicted octanol–water partition coefficient (Wildman–Crippen LogP) is 3.96. The van der Waals surface area contributed by atoms with Gasteiger partial charge < -0.3 is 14.8 Å².